The predicted octanol–water partition coefficient (Wildman–Crippen LogP) is 4.79. The third-order valence-corrected chi connectivity index (χ3v) is 6.32. The SMILES string of the molecule is CCN(Cc1cccn1-c1cccnc1)C[C@@H]1CCCN(CCc2cccc(F)c2)C1. The van der Waals surface area contributed by atoms with Crippen molar-refractivity contribution in [1.29, 1.82) is 0 Å². The lowest BCUT2D eigenvalue weighted by Crippen LogP contribution is -2.41. The van der Waals surface area contributed by atoms with E-state index in [1.807, 2.05) is 30.6 Å². The first-order valence-corrected chi connectivity index (χ1v) is 11.5. The standard InChI is InChI=1S/C26H33FN4/c1-2-29(21-26-11-6-15-31(26)25-10-4-13-28-18-25)19-23-8-5-14-30(20-23)16-12-22-7-3-9-24(27)17-22/h3-4,6-7,9-11,13,15,17-18,23H,2,5,8,12,14,16,19-21H2,1H3/t23-/m0/s1. The van der Waals surface area contributed by atoms with Crippen LogP contribution in [0, 0.1) is 11.7 Å². The van der Waals surface area contributed by atoms with Gasteiger partial charge < -0.3 is 9.47 Å². The highest BCUT2D eigenvalue weighted by molar-refractivity contribution is 5.32. The van der Waals surface area contributed by atoms with Crippen LogP contribution in [0.5, 0.6) is 0 Å². The van der Waals surface area contributed by atoms with E-state index in [0.717, 1.165) is 56.9 Å². The minimum absolute atomic E-state index is 0.136. The fourth-order valence-corrected chi connectivity index (χ4v) is 4.68. The van der Waals surface area contributed by atoms with Crippen molar-refractivity contribution in [2.24, 2.45) is 5.92 Å². The molecule has 5 heteroatoms. The zero-order chi connectivity index (χ0) is 21.5. The Bertz CT molecular complexity index is 939. The smallest absolute Gasteiger partial charge is 0.123 e. The van der Waals surface area contributed by atoms with Gasteiger partial charge in [0, 0.05) is 44.3 Å². The molecule has 0 saturated carbocycles. The maximum Gasteiger partial charge on any atom is 0.123 e. The number of halogens is 1. The molecule has 31 heavy (non-hydrogen) atoms. The molecule has 3 heterocycles. The average Bonchev–Trinajstić information content (AvgIpc) is 3.26. The number of aromatic nitrogens is 2. The second-order valence-corrected chi connectivity index (χ2v) is 8.60. The molecule has 1 aliphatic rings. The number of hydrogen-bond donors (Lipinski definition) is 0. The summed E-state index contributed by atoms with van der Waals surface area (Å²) in [7, 11) is 0. The van der Waals surface area contributed by atoms with Gasteiger partial charge in [0.2, 0.25) is 0 Å². The van der Waals surface area contributed by atoms with Gasteiger partial charge in [0.05, 0.1) is 11.9 Å². The van der Waals surface area contributed by atoms with Crippen molar-refractivity contribution in [3.8, 4) is 5.69 Å². The van der Waals surface area contributed by atoms with Crippen LogP contribution in [0.25, 0.3) is 5.69 Å². The highest BCUT2D eigenvalue weighted by Crippen LogP contribution is 2.20. The molecule has 4 rings (SSSR count). The van der Waals surface area contributed by atoms with Crippen LogP contribution in [-0.2, 0) is 13.0 Å². The molecule has 0 N–H and O–H groups in total. The number of benzene rings is 1. The third kappa shape index (κ3) is 6.02. The molecule has 1 fully saturated rings. The van der Waals surface area contributed by atoms with Crippen LogP contribution in [0.3, 0.4) is 0 Å². The number of rotatable bonds is 9. The molecule has 0 radical (unpaired) electrons. The first-order valence-electron chi connectivity index (χ1n) is 11.5. The van der Waals surface area contributed by atoms with Crippen LogP contribution in [-0.4, -0.2) is 52.1 Å². The predicted molar refractivity (Wildman–Crippen MR) is 124 cm³/mol. The summed E-state index contributed by atoms with van der Waals surface area (Å²) < 4.78 is 15.7. The second-order valence-electron chi connectivity index (χ2n) is 8.60. The quantitative estimate of drug-likeness (QED) is 0.498. The van der Waals surface area contributed by atoms with Crippen LogP contribution in [0.2, 0.25) is 0 Å². The number of nitrogens with zero attached hydrogens (tertiary/aromatic N) is 4. The van der Waals surface area contributed by atoms with Crippen LogP contribution < -0.4 is 0 Å². The summed E-state index contributed by atoms with van der Waals surface area (Å²) in [5.74, 6) is 0.548. The summed E-state index contributed by atoms with van der Waals surface area (Å²) in [6, 6.07) is 15.4. The number of piperidine rings is 1. The van der Waals surface area contributed by atoms with E-state index >= 15 is 0 Å². The van der Waals surface area contributed by atoms with E-state index in [4.69, 9.17) is 0 Å². The van der Waals surface area contributed by atoms with Gasteiger partial charge >= 0.3 is 0 Å². The minimum Gasteiger partial charge on any atom is -0.318 e. The Balaban J connectivity index is 1.32. The summed E-state index contributed by atoms with van der Waals surface area (Å²) in [4.78, 5) is 9.39. The molecule has 1 saturated heterocycles. The molecule has 0 bridgehead atoms. The third-order valence-electron chi connectivity index (χ3n) is 6.32. The molecule has 164 valence electrons. The van der Waals surface area contributed by atoms with Gasteiger partial charge in [-0.05, 0) is 80.2 Å². The second kappa shape index (κ2) is 10.7. The lowest BCUT2D eigenvalue weighted by molar-refractivity contribution is 0.132. The molecular formula is C26H33FN4. The van der Waals surface area contributed by atoms with E-state index in [9.17, 15) is 4.39 Å². The van der Waals surface area contributed by atoms with Crippen molar-refractivity contribution < 1.29 is 4.39 Å². The van der Waals surface area contributed by atoms with Crippen molar-refractivity contribution >= 4 is 0 Å². The maximum atomic E-state index is 13.4. The zero-order valence-electron chi connectivity index (χ0n) is 18.5. The minimum atomic E-state index is -0.136. The first kappa shape index (κ1) is 21.7. The molecule has 4 nitrogen and oxygen atoms in total. The van der Waals surface area contributed by atoms with Crippen molar-refractivity contribution in [3.63, 3.8) is 0 Å². The van der Waals surface area contributed by atoms with E-state index in [0.29, 0.717) is 5.92 Å². The van der Waals surface area contributed by atoms with E-state index < -0.39 is 0 Å². The molecule has 0 aliphatic carbocycles. The molecule has 1 aromatic carbocycles. The summed E-state index contributed by atoms with van der Waals surface area (Å²) in [6.45, 7) is 8.65. The lowest BCUT2D eigenvalue weighted by atomic mass is 9.96. The van der Waals surface area contributed by atoms with Crippen LogP contribution >= 0.6 is 0 Å². The van der Waals surface area contributed by atoms with Crippen LogP contribution in [0.4, 0.5) is 4.39 Å². The highest BCUT2D eigenvalue weighted by Gasteiger charge is 2.22. The highest BCUT2D eigenvalue weighted by atomic mass is 19.1. The molecule has 0 spiro atoms. The molecule has 3 aromatic rings. The van der Waals surface area contributed by atoms with Crippen molar-refractivity contribution in [2.75, 3.05) is 32.7 Å². The Hall–Kier alpha value is -2.50. The molecule has 1 aliphatic heterocycles. The van der Waals surface area contributed by atoms with Gasteiger partial charge in [0.25, 0.3) is 0 Å². The number of pyridine rings is 1. The largest absolute Gasteiger partial charge is 0.318 e. The van der Waals surface area contributed by atoms with E-state index in [1.165, 1.54) is 24.6 Å². The normalized spacial score (nSPS) is 17.3. The Kier molecular flexibility index (Phi) is 7.49. The van der Waals surface area contributed by atoms with Gasteiger partial charge in [-0.15, -0.1) is 0 Å². The summed E-state index contributed by atoms with van der Waals surface area (Å²) in [5, 5.41) is 0. The van der Waals surface area contributed by atoms with Crippen LogP contribution in [0.15, 0.2) is 67.1 Å². The summed E-state index contributed by atoms with van der Waals surface area (Å²) in [6.07, 6.45) is 9.30. The summed E-state index contributed by atoms with van der Waals surface area (Å²) in [5.41, 5.74) is 3.50. The Labute approximate surface area is 185 Å². The van der Waals surface area contributed by atoms with Gasteiger partial charge in [0.15, 0.2) is 0 Å². The zero-order valence-corrected chi connectivity index (χ0v) is 18.5. The molecule has 1 atom stereocenters. The molecular weight excluding hydrogens is 387 g/mol. The topological polar surface area (TPSA) is 24.3 Å². The fourth-order valence-electron chi connectivity index (χ4n) is 4.68. The average molecular weight is 421 g/mol. The van der Waals surface area contributed by atoms with E-state index in [-0.39, 0.29) is 5.82 Å². The molecule has 0 unspecified atom stereocenters. The Morgan fingerprint density at radius 1 is 1.16 bits per heavy atom. The van der Waals surface area contributed by atoms with E-state index in [1.54, 1.807) is 6.07 Å². The van der Waals surface area contributed by atoms with Crippen molar-refractivity contribution in [1.82, 2.24) is 19.4 Å². The molecule has 2 aromatic heterocycles. The Morgan fingerprint density at radius 2 is 2.10 bits per heavy atom. The number of hydrogen-bond acceptors (Lipinski definition) is 3. The monoisotopic (exact) mass is 420 g/mol. The van der Waals surface area contributed by atoms with Gasteiger partial charge in [-0.25, -0.2) is 4.39 Å². The lowest BCUT2D eigenvalue weighted by Gasteiger charge is -2.35. The Morgan fingerprint density at radius 3 is 2.90 bits per heavy atom. The van der Waals surface area contributed by atoms with E-state index in [2.05, 4.69) is 50.7 Å². The van der Waals surface area contributed by atoms with Gasteiger partial charge in [-0.3, -0.25) is 9.88 Å². The number of likely N-dealkylation sites (tertiary alicyclic amines) is 1. The first-order chi connectivity index (χ1) is 15.2. The van der Waals surface area contributed by atoms with Crippen LogP contribution in [0.1, 0.15) is 31.0 Å². The fraction of sp³-hybridized carbons (Fsp3) is 0.423. The summed E-state index contributed by atoms with van der Waals surface area (Å²) >= 11 is 0. The van der Waals surface area contributed by atoms with Gasteiger partial charge in [0.1, 0.15) is 5.82 Å². The van der Waals surface area contributed by atoms with Crippen molar-refractivity contribution in [2.45, 2.75) is 32.7 Å². The van der Waals surface area contributed by atoms with Crippen molar-refractivity contribution in [3.05, 3.63) is 84.2 Å². The molecule has 0 amide bonds. The van der Waals surface area contributed by atoms with Gasteiger partial charge in [-0.1, -0.05) is 19.1 Å². The maximum absolute atomic E-state index is 13.4. The van der Waals surface area contributed by atoms with Gasteiger partial charge in [-0.2, -0.15) is 0 Å².